The predicted octanol–water partition coefficient (Wildman–Crippen LogP) is 1.19. The summed E-state index contributed by atoms with van der Waals surface area (Å²) in [6, 6.07) is 0. The molecule has 0 aliphatic carbocycles. The summed E-state index contributed by atoms with van der Waals surface area (Å²) in [6.45, 7) is 3.92. The summed E-state index contributed by atoms with van der Waals surface area (Å²) in [5, 5.41) is 2.86. The fourth-order valence-electron chi connectivity index (χ4n) is 1.84. The monoisotopic (exact) mass is 185 g/mol. The second-order valence-electron chi connectivity index (χ2n) is 4.00. The van der Waals surface area contributed by atoms with Crippen LogP contribution in [0.2, 0.25) is 0 Å². The van der Waals surface area contributed by atoms with E-state index in [0.717, 1.165) is 32.4 Å². The van der Waals surface area contributed by atoms with Crippen molar-refractivity contribution in [3.63, 3.8) is 0 Å². The molecule has 0 bridgehead atoms. The number of hydrogen-bond donors (Lipinski definition) is 1. The molecule has 1 unspecified atom stereocenters. The molecule has 0 aromatic carbocycles. The van der Waals surface area contributed by atoms with Crippen molar-refractivity contribution >= 4 is 5.91 Å². The van der Waals surface area contributed by atoms with E-state index in [0.29, 0.717) is 11.8 Å². The van der Waals surface area contributed by atoms with Crippen molar-refractivity contribution in [2.24, 2.45) is 11.8 Å². The number of hydrogen-bond acceptors (Lipinski definition) is 2. The number of nitrogens with one attached hydrogen (secondary N) is 1. The summed E-state index contributed by atoms with van der Waals surface area (Å²) in [4.78, 5) is 10.9. The Morgan fingerprint density at radius 1 is 1.69 bits per heavy atom. The zero-order valence-electron chi connectivity index (χ0n) is 8.51. The molecule has 0 aromatic heterocycles. The van der Waals surface area contributed by atoms with E-state index in [1.807, 2.05) is 0 Å². The third-order valence-corrected chi connectivity index (χ3v) is 2.61. The highest BCUT2D eigenvalue weighted by molar-refractivity contribution is 5.78. The van der Waals surface area contributed by atoms with Crippen molar-refractivity contribution in [2.75, 3.05) is 20.3 Å². The molecule has 0 saturated carbocycles. The van der Waals surface area contributed by atoms with Crippen LogP contribution < -0.4 is 5.32 Å². The van der Waals surface area contributed by atoms with E-state index in [9.17, 15) is 4.79 Å². The van der Waals surface area contributed by atoms with Gasteiger partial charge in [-0.1, -0.05) is 6.92 Å². The van der Waals surface area contributed by atoms with Crippen molar-refractivity contribution in [1.82, 2.24) is 5.32 Å². The molecular weight excluding hydrogens is 166 g/mol. The number of carbonyl (C=O) groups excluding carboxylic acids is 1. The van der Waals surface area contributed by atoms with Crippen LogP contribution in [0.5, 0.6) is 0 Å². The minimum atomic E-state index is 0.212. The molecule has 3 heteroatoms. The van der Waals surface area contributed by atoms with Crippen LogP contribution in [-0.2, 0) is 9.53 Å². The van der Waals surface area contributed by atoms with E-state index in [1.165, 1.54) is 0 Å². The molecule has 1 amide bonds. The largest absolute Gasteiger partial charge is 0.385 e. The van der Waals surface area contributed by atoms with Gasteiger partial charge in [0, 0.05) is 26.7 Å². The fourth-order valence-corrected chi connectivity index (χ4v) is 1.84. The average Bonchev–Trinajstić information content (AvgIpc) is 2.48. The Morgan fingerprint density at radius 3 is 3.00 bits per heavy atom. The predicted molar refractivity (Wildman–Crippen MR) is 51.4 cm³/mol. The zero-order valence-corrected chi connectivity index (χ0v) is 8.51. The van der Waals surface area contributed by atoms with Gasteiger partial charge in [-0.25, -0.2) is 0 Å². The lowest BCUT2D eigenvalue weighted by atomic mass is 9.93. The number of carbonyl (C=O) groups is 1. The highest BCUT2D eigenvalue weighted by atomic mass is 16.5. The van der Waals surface area contributed by atoms with Crippen LogP contribution in [0.1, 0.15) is 26.2 Å². The van der Waals surface area contributed by atoms with E-state index in [4.69, 9.17) is 4.74 Å². The molecule has 2 atom stereocenters. The molecule has 1 N–H and O–H groups in total. The van der Waals surface area contributed by atoms with Crippen molar-refractivity contribution in [3.8, 4) is 0 Å². The highest BCUT2D eigenvalue weighted by Gasteiger charge is 2.22. The Balaban J connectivity index is 2.13. The van der Waals surface area contributed by atoms with Gasteiger partial charge in [0.2, 0.25) is 5.91 Å². The molecule has 1 aliphatic heterocycles. The maximum absolute atomic E-state index is 10.9. The van der Waals surface area contributed by atoms with Gasteiger partial charge in [0.15, 0.2) is 0 Å². The summed E-state index contributed by atoms with van der Waals surface area (Å²) in [5.41, 5.74) is 0. The number of rotatable bonds is 5. The summed E-state index contributed by atoms with van der Waals surface area (Å²) in [7, 11) is 1.73. The van der Waals surface area contributed by atoms with Crippen molar-refractivity contribution in [1.29, 1.82) is 0 Å². The Bertz CT molecular complexity index is 170. The minimum absolute atomic E-state index is 0.212. The van der Waals surface area contributed by atoms with Gasteiger partial charge in [0.05, 0.1) is 0 Å². The molecule has 13 heavy (non-hydrogen) atoms. The summed E-state index contributed by atoms with van der Waals surface area (Å²) < 4.78 is 5.02. The molecule has 1 rings (SSSR count). The standard InChI is InChI=1S/C10H19NO2/c1-8(3-4-13-2)5-9-6-10(12)11-7-9/h8-9H,3-7H2,1-2H3,(H,11,12)/t8?,9-/m0/s1. The lowest BCUT2D eigenvalue weighted by Gasteiger charge is -2.14. The SMILES string of the molecule is COCCC(C)C[C@@H]1CNC(=O)C1. The van der Waals surface area contributed by atoms with E-state index in [1.54, 1.807) is 7.11 Å². The van der Waals surface area contributed by atoms with Crippen LogP contribution in [0, 0.1) is 11.8 Å². The molecule has 0 radical (unpaired) electrons. The van der Waals surface area contributed by atoms with Crippen LogP contribution in [0.25, 0.3) is 0 Å². The van der Waals surface area contributed by atoms with Crippen LogP contribution in [0.4, 0.5) is 0 Å². The zero-order chi connectivity index (χ0) is 9.68. The van der Waals surface area contributed by atoms with Crippen molar-refractivity contribution < 1.29 is 9.53 Å². The van der Waals surface area contributed by atoms with Gasteiger partial charge in [0.1, 0.15) is 0 Å². The Hall–Kier alpha value is -0.570. The Morgan fingerprint density at radius 2 is 2.46 bits per heavy atom. The smallest absolute Gasteiger partial charge is 0.220 e. The lowest BCUT2D eigenvalue weighted by Crippen LogP contribution is -2.14. The minimum Gasteiger partial charge on any atom is -0.385 e. The van der Waals surface area contributed by atoms with Gasteiger partial charge in [0.25, 0.3) is 0 Å². The molecule has 1 fully saturated rings. The first kappa shape index (κ1) is 10.5. The quantitative estimate of drug-likeness (QED) is 0.698. The first-order valence-corrected chi connectivity index (χ1v) is 4.98. The van der Waals surface area contributed by atoms with Crippen LogP contribution in [-0.4, -0.2) is 26.2 Å². The van der Waals surface area contributed by atoms with E-state index in [2.05, 4.69) is 12.2 Å². The first-order chi connectivity index (χ1) is 6.22. The molecule has 0 spiro atoms. The Labute approximate surface area is 79.8 Å². The molecular formula is C10H19NO2. The Kier molecular flexibility index (Phi) is 4.22. The second kappa shape index (κ2) is 5.22. The van der Waals surface area contributed by atoms with Crippen LogP contribution >= 0.6 is 0 Å². The number of methoxy groups -OCH3 is 1. The van der Waals surface area contributed by atoms with E-state index in [-0.39, 0.29) is 5.91 Å². The third kappa shape index (κ3) is 3.77. The second-order valence-corrected chi connectivity index (χ2v) is 4.00. The maximum atomic E-state index is 10.9. The van der Waals surface area contributed by atoms with Crippen LogP contribution in [0.3, 0.4) is 0 Å². The third-order valence-electron chi connectivity index (χ3n) is 2.61. The lowest BCUT2D eigenvalue weighted by molar-refractivity contribution is -0.119. The highest BCUT2D eigenvalue weighted by Crippen LogP contribution is 2.20. The molecule has 76 valence electrons. The topological polar surface area (TPSA) is 38.3 Å². The van der Waals surface area contributed by atoms with E-state index >= 15 is 0 Å². The summed E-state index contributed by atoms with van der Waals surface area (Å²) in [6.07, 6.45) is 2.96. The van der Waals surface area contributed by atoms with Crippen molar-refractivity contribution in [2.45, 2.75) is 26.2 Å². The normalized spacial score (nSPS) is 24.5. The van der Waals surface area contributed by atoms with Crippen LogP contribution in [0.15, 0.2) is 0 Å². The molecule has 1 aliphatic rings. The first-order valence-electron chi connectivity index (χ1n) is 4.98. The molecule has 3 nitrogen and oxygen atoms in total. The van der Waals surface area contributed by atoms with E-state index < -0.39 is 0 Å². The van der Waals surface area contributed by atoms with Gasteiger partial charge in [-0.05, 0) is 24.7 Å². The van der Waals surface area contributed by atoms with Gasteiger partial charge in [-0.3, -0.25) is 4.79 Å². The average molecular weight is 185 g/mol. The maximum Gasteiger partial charge on any atom is 0.220 e. The van der Waals surface area contributed by atoms with Gasteiger partial charge < -0.3 is 10.1 Å². The fraction of sp³-hybridized carbons (Fsp3) is 0.900. The summed E-state index contributed by atoms with van der Waals surface area (Å²) in [5.74, 6) is 1.43. The number of ether oxygens (including phenoxy) is 1. The van der Waals surface area contributed by atoms with Gasteiger partial charge >= 0.3 is 0 Å². The summed E-state index contributed by atoms with van der Waals surface area (Å²) >= 11 is 0. The number of amides is 1. The molecule has 1 heterocycles. The van der Waals surface area contributed by atoms with Gasteiger partial charge in [-0.2, -0.15) is 0 Å². The molecule has 1 saturated heterocycles. The molecule has 0 aromatic rings. The van der Waals surface area contributed by atoms with Gasteiger partial charge in [-0.15, -0.1) is 0 Å². The van der Waals surface area contributed by atoms with Crippen molar-refractivity contribution in [3.05, 3.63) is 0 Å².